The number of amides is 1. The summed E-state index contributed by atoms with van der Waals surface area (Å²) in [4.78, 5) is 14.3. The number of hydrogen-bond acceptors (Lipinski definition) is 3. The SMILES string of the molecule is Cc1cccc(CSCC(=O)N(CCO)C2CCCC2)c1. The van der Waals surface area contributed by atoms with Crippen molar-refractivity contribution < 1.29 is 9.90 Å². The van der Waals surface area contributed by atoms with Gasteiger partial charge < -0.3 is 10.0 Å². The van der Waals surface area contributed by atoms with Crippen LogP contribution in [0.15, 0.2) is 24.3 Å². The number of rotatable bonds is 7. The van der Waals surface area contributed by atoms with Gasteiger partial charge in [0.25, 0.3) is 0 Å². The molecule has 21 heavy (non-hydrogen) atoms. The van der Waals surface area contributed by atoms with Crippen molar-refractivity contribution in [1.29, 1.82) is 0 Å². The van der Waals surface area contributed by atoms with E-state index in [1.807, 2.05) is 4.90 Å². The Morgan fingerprint density at radius 2 is 2.14 bits per heavy atom. The Kier molecular flexibility index (Phi) is 6.58. The quantitative estimate of drug-likeness (QED) is 0.842. The summed E-state index contributed by atoms with van der Waals surface area (Å²) in [6.45, 7) is 2.63. The number of carbonyl (C=O) groups excluding carboxylic acids is 1. The summed E-state index contributed by atoms with van der Waals surface area (Å²) < 4.78 is 0. The Hall–Kier alpha value is -1.00. The van der Waals surface area contributed by atoms with E-state index < -0.39 is 0 Å². The molecule has 1 amide bonds. The van der Waals surface area contributed by atoms with Crippen molar-refractivity contribution in [3.05, 3.63) is 35.4 Å². The van der Waals surface area contributed by atoms with Crippen LogP contribution in [0.25, 0.3) is 0 Å². The van der Waals surface area contributed by atoms with Gasteiger partial charge in [-0.05, 0) is 25.3 Å². The Balaban J connectivity index is 1.81. The van der Waals surface area contributed by atoms with Gasteiger partial charge in [0.1, 0.15) is 0 Å². The summed E-state index contributed by atoms with van der Waals surface area (Å²) >= 11 is 1.66. The van der Waals surface area contributed by atoms with E-state index in [1.54, 1.807) is 11.8 Å². The number of aliphatic hydroxyl groups excluding tert-OH is 1. The Bertz CT molecular complexity index is 458. The van der Waals surface area contributed by atoms with Gasteiger partial charge in [0.15, 0.2) is 0 Å². The molecular formula is C17H25NO2S. The first-order valence-electron chi connectivity index (χ1n) is 7.74. The van der Waals surface area contributed by atoms with Crippen LogP contribution >= 0.6 is 11.8 Å². The molecule has 0 bridgehead atoms. The molecule has 0 aliphatic heterocycles. The number of thioether (sulfide) groups is 1. The van der Waals surface area contributed by atoms with Gasteiger partial charge in [-0.2, -0.15) is 0 Å². The molecule has 1 aliphatic carbocycles. The van der Waals surface area contributed by atoms with E-state index in [4.69, 9.17) is 0 Å². The zero-order valence-electron chi connectivity index (χ0n) is 12.8. The summed E-state index contributed by atoms with van der Waals surface area (Å²) in [7, 11) is 0. The first kappa shape index (κ1) is 16.4. The lowest BCUT2D eigenvalue weighted by molar-refractivity contribution is -0.131. The molecule has 3 nitrogen and oxygen atoms in total. The molecule has 1 aromatic rings. The van der Waals surface area contributed by atoms with Gasteiger partial charge in [-0.15, -0.1) is 11.8 Å². The fraction of sp³-hybridized carbons (Fsp3) is 0.588. The first-order chi connectivity index (χ1) is 10.2. The Morgan fingerprint density at radius 1 is 1.38 bits per heavy atom. The molecule has 0 spiro atoms. The maximum atomic E-state index is 12.4. The molecule has 0 atom stereocenters. The Labute approximate surface area is 131 Å². The number of benzene rings is 1. The zero-order valence-corrected chi connectivity index (χ0v) is 13.6. The largest absolute Gasteiger partial charge is 0.395 e. The minimum atomic E-state index is 0.0603. The molecule has 0 unspecified atom stereocenters. The predicted molar refractivity (Wildman–Crippen MR) is 88.4 cm³/mol. The number of nitrogens with zero attached hydrogens (tertiary/aromatic N) is 1. The third kappa shape index (κ3) is 5.04. The highest BCUT2D eigenvalue weighted by Crippen LogP contribution is 2.24. The number of hydrogen-bond donors (Lipinski definition) is 1. The monoisotopic (exact) mass is 307 g/mol. The molecule has 0 heterocycles. The normalized spacial score (nSPS) is 15.3. The van der Waals surface area contributed by atoms with E-state index in [0.717, 1.165) is 18.6 Å². The summed E-state index contributed by atoms with van der Waals surface area (Å²) in [6, 6.07) is 8.77. The van der Waals surface area contributed by atoms with Crippen LogP contribution < -0.4 is 0 Å². The van der Waals surface area contributed by atoms with E-state index in [2.05, 4.69) is 31.2 Å². The van der Waals surface area contributed by atoms with Crippen molar-refractivity contribution >= 4 is 17.7 Å². The average Bonchev–Trinajstić information content (AvgIpc) is 2.98. The minimum absolute atomic E-state index is 0.0603. The van der Waals surface area contributed by atoms with Gasteiger partial charge in [0, 0.05) is 18.3 Å². The van der Waals surface area contributed by atoms with Crippen LogP contribution in [0, 0.1) is 6.92 Å². The standard InChI is InChI=1S/C17H25NO2S/c1-14-5-4-6-15(11-14)12-21-13-17(20)18(9-10-19)16-7-2-3-8-16/h4-6,11,16,19H,2-3,7-10,12-13H2,1H3. The van der Waals surface area contributed by atoms with Crippen molar-refractivity contribution in [1.82, 2.24) is 4.90 Å². The van der Waals surface area contributed by atoms with Gasteiger partial charge in [0.05, 0.1) is 12.4 Å². The average molecular weight is 307 g/mol. The topological polar surface area (TPSA) is 40.5 Å². The maximum Gasteiger partial charge on any atom is 0.232 e. The molecule has 1 fully saturated rings. The lowest BCUT2D eigenvalue weighted by Crippen LogP contribution is -2.41. The van der Waals surface area contributed by atoms with Gasteiger partial charge in [-0.3, -0.25) is 4.79 Å². The first-order valence-corrected chi connectivity index (χ1v) is 8.90. The summed E-state index contributed by atoms with van der Waals surface area (Å²) in [6.07, 6.45) is 4.59. The highest BCUT2D eigenvalue weighted by atomic mass is 32.2. The smallest absolute Gasteiger partial charge is 0.232 e. The van der Waals surface area contributed by atoms with Gasteiger partial charge in [-0.1, -0.05) is 42.7 Å². The van der Waals surface area contributed by atoms with Crippen LogP contribution in [0.3, 0.4) is 0 Å². The fourth-order valence-corrected chi connectivity index (χ4v) is 3.83. The van der Waals surface area contributed by atoms with E-state index in [0.29, 0.717) is 18.3 Å². The van der Waals surface area contributed by atoms with Crippen LogP contribution in [-0.4, -0.2) is 40.9 Å². The number of carbonyl (C=O) groups is 1. The second kappa shape index (κ2) is 8.44. The Morgan fingerprint density at radius 3 is 2.81 bits per heavy atom. The summed E-state index contributed by atoms with van der Waals surface area (Å²) in [5.41, 5.74) is 2.52. The fourth-order valence-electron chi connectivity index (χ4n) is 2.98. The van der Waals surface area contributed by atoms with Gasteiger partial charge in [-0.25, -0.2) is 0 Å². The lowest BCUT2D eigenvalue weighted by Gasteiger charge is -2.28. The molecule has 0 radical (unpaired) electrons. The van der Waals surface area contributed by atoms with Crippen molar-refractivity contribution in [2.45, 2.75) is 44.4 Å². The van der Waals surface area contributed by atoms with Crippen LogP contribution in [0.5, 0.6) is 0 Å². The molecule has 1 aromatic carbocycles. The lowest BCUT2D eigenvalue weighted by atomic mass is 10.2. The van der Waals surface area contributed by atoms with Crippen LogP contribution in [0.4, 0.5) is 0 Å². The molecule has 0 aromatic heterocycles. The summed E-state index contributed by atoms with van der Waals surface area (Å²) in [5, 5.41) is 9.18. The maximum absolute atomic E-state index is 12.4. The molecule has 0 saturated heterocycles. The molecular weight excluding hydrogens is 282 g/mol. The highest BCUT2D eigenvalue weighted by Gasteiger charge is 2.25. The molecule has 116 valence electrons. The van der Waals surface area contributed by atoms with Crippen LogP contribution in [0.1, 0.15) is 36.8 Å². The zero-order chi connectivity index (χ0) is 15.1. The van der Waals surface area contributed by atoms with Crippen molar-refractivity contribution in [3.8, 4) is 0 Å². The highest BCUT2D eigenvalue weighted by molar-refractivity contribution is 7.99. The molecule has 2 rings (SSSR count). The third-order valence-corrected chi connectivity index (χ3v) is 4.99. The van der Waals surface area contributed by atoms with Crippen LogP contribution in [-0.2, 0) is 10.5 Å². The van der Waals surface area contributed by atoms with Crippen molar-refractivity contribution in [2.24, 2.45) is 0 Å². The molecule has 1 aliphatic rings. The van der Waals surface area contributed by atoms with Gasteiger partial charge in [0.2, 0.25) is 5.91 Å². The molecule has 1 N–H and O–H groups in total. The minimum Gasteiger partial charge on any atom is -0.395 e. The summed E-state index contributed by atoms with van der Waals surface area (Å²) in [5.74, 6) is 1.55. The van der Waals surface area contributed by atoms with E-state index in [9.17, 15) is 9.90 Å². The van der Waals surface area contributed by atoms with Gasteiger partial charge >= 0.3 is 0 Å². The van der Waals surface area contributed by atoms with E-state index in [1.165, 1.54) is 24.0 Å². The second-order valence-electron chi connectivity index (χ2n) is 5.73. The van der Waals surface area contributed by atoms with E-state index in [-0.39, 0.29) is 12.5 Å². The second-order valence-corrected chi connectivity index (χ2v) is 6.72. The van der Waals surface area contributed by atoms with Crippen LogP contribution in [0.2, 0.25) is 0 Å². The molecule has 1 saturated carbocycles. The number of aliphatic hydroxyl groups is 1. The molecule has 4 heteroatoms. The van der Waals surface area contributed by atoms with Crippen molar-refractivity contribution in [2.75, 3.05) is 18.9 Å². The van der Waals surface area contributed by atoms with Crippen molar-refractivity contribution in [3.63, 3.8) is 0 Å². The third-order valence-electron chi connectivity index (χ3n) is 4.00. The number of aryl methyl sites for hydroxylation is 1. The van der Waals surface area contributed by atoms with E-state index >= 15 is 0 Å². The predicted octanol–water partition coefficient (Wildman–Crippen LogP) is 2.99.